The van der Waals surface area contributed by atoms with Crippen LogP contribution in [0.5, 0.6) is 0 Å². The van der Waals surface area contributed by atoms with Gasteiger partial charge in [0.2, 0.25) is 0 Å². The number of carbonyl (C=O) groups excluding carboxylic acids is 1. The van der Waals surface area contributed by atoms with Crippen LogP contribution < -0.4 is 0 Å². The van der Waals surface area contributed by atoms with Gasteiger partial charge in [0.1, 0.15) is 0 Å². The Balaban J connectivity index is 2.12. The third-order valence-corrected chi connectivity index (χ3v) is 5.31. The lowest BCUT2D eigenvalue weighted by molar-refractivity contribution is 0.0735. The molecule has 0 N–H and O–H groups in total. The molecule has 2 nitrogen and oxygen atoms in total. The second-order valence-corrected chi connectivity index (χ2v) is 7.89. The Bertz CT molecular complexity index is 451. The predicted molar refractivity (Wildman–Crippen MR) is 86.9 cm³/mol. The minimum absolute atomic E-state index is 0.0461. The minimum Gasteiger partial charge on any atom is -0.291 e. The molecule has 4 heteroatoms. The van der Waals surface area contributed by atoms with E-state index in [0.717, 1.165) is 11.4 Å². The summed E-state index contributed by atoms with van der Waals surface area (Å²) in [4.78, 5) is 15.9. The van der Waals surface area contributed by atoms with Crippen molar-refractivity contribution in [1.29, 1.82) is 0 Å². The van der Waals surface area contributed by atoms with Crippen LogP contribution in [0.2, 0.25) is 4.34 Å². The van der Waals surface area contributed by atoms with Crippen molar-refractivity contribution in [3.8, 4) is 0 Å². The Morgan fingerprint density at radius 2 is 2.00 bits per heavy atom. The zero-order valence-corrected chi connectivity index (χ0v) is 14.1. The zero-order valence-electron chi connectivity index (χ0n) is 12.6. The van der Waals surface area contributed by atoms with E-state index in [4.69, 9.17) is 11.6 Å². The third kappa shape index (κ3) is 3.84. The average molecular weight is 314 g/mol. The molecule has 1 unspecified atom stereocenters. The summed E-state index contributed by atoms with van der Waals surface area (Å²) < 4.78 is 0.692. The predicted octanol–water partition coefficient (Wildman–Crippen LogP) is 4.87. The molecule has 0 bridgehead atoms. The van der Waals surface area contributed by atoms with Gasteiger partial charge in [-0.2, -0.15) is 0 Å². The molecular weight excluding hydrogens is 290 g/mol. The number of hydrogen-bond donors (Lipinski definition) is 0. The Morgan fingerprint density at radius 1 is 1.35 bits per heavy atom. The number of ketones is 1. The number of carbonyl (C=O) groups is 1. The minimum atomic E-state index is -0.0461. The number of thiophene rings is 1. The molecule has 1 heterocycles. The van der Waals surface area contributed by atoms with E-state index in [1.165, 1.54) is 37.0 Å². The molecule has 1 saturated carbocycles. The van der Waals surface area contributed by atoms with Crippen LogP contribution in [-0.4, -0.2) is 29.3 Å². The molecule has 1 fully saturated rings. The topological polar surface area (TPSA) is 20.3 Å². The van der Waals surface area contributed by atoms with E-state index < -0.39 is 0 Å². The van der Waals surface area contributed by atoms with Crippen molar-refractivity contribution >= 4 is 28.7 Å². The summed E-state index contributed by atoms with van der Waals surface area (Å²) in [7, 11) is 0. The fourth-order valence-electron chi connectivity index (χ4n) is 3.08. The quantitative estimate of drug-likeness (QED) is 0.698. The van der Waals surface area contributed by atoms with Crippen LogP contribution in [0.4, 0.5) is 0 Å². The monoisotopic (exact) mass is 313 g/mol. The van der Waals surface area contributed by atoms with Gasteiger partial charge in [-0.05, 0) is 37.8 Å². The van der Waals surface area contributed by atoms with Crippen LogP contribution in [0.15, 0.2) is 12.1 Å². The Hall–Kier alpha value is -0.380. The Labute approximate surface area is 131 Å². The molecule has 1 aliphatic rings. The van der Waals surface area contributed by atoms with Gasteiger partial charge in [-0.25, -0.2) is 0 Å². The summed E-state index contributed by atoms with van der Waals surface area (Å²) in [5, 5.41) is 0. The van der Waals surface area contributed by atoms with Gasteiger partial charge in [0.05, 0.1) is 15.3 Å². The maximum Gasteiger partial charge on any atom is 0.189 e. The summed E-state index contributed by atoms with van der Waals surface area (Å²) in [5.41, 5.74) is 0. The molecule has 20 heavy (non-hydrogen) atoms. The Kier molecular flexibility index (Phi) is 5.65. The Morgan fingerprint density at radius 3 is 2.50 bits per heavy atom. The first kappa shape index (κ1) is 16.0. The molecule has 0 aromatic carbocycles. The van der Waals surface area contributed by atoms with Crippen molar-refractivity contribution in [2.24, 2.45) is 5.92 Å². The van der Waals surface area contributed by atoms with E-state index in [1.54, 1.807) is 0 Å². The van der Waals surface area contributed by atoms with Crippen molar-refractivity contribution in [2.75, 3.05) is 6.54 Å². The highest BCUT2D eigenvalue weighted by Gasteiger charge is 2.31. The summed E-state index contributed by atoms with van der Waals surface area (Å²) in [5.74, 6) is 0.798. The lowest BCUT2D eigenvalue weighted by Gasteiger charge is -2.34. The van der Waals surface area contributed by atoms with Crippen molar-refractivity contribution in [1.82, 2.24) is 4.90 Å². The highest BCUT2D eigenvalue weighted by molar-refractivity contribution is 7.18. The highest BCUT2D eigenvalue weighted by Crippen LogP contribution is 2.29. The maximum atomic E-state index is 12.6. The smallest absolute Gasteiger partial charge is 0.189 e. The molecule has 0 spiro atoms. The lowest BCUT2D eigenvalue weighted by Crippen LogP contribution is -2.46. The van der Waals surface area contributed by atoms with E-state index >= 15 is 0 Å². The highest BCUT2D eigenvalue weighted by atomic mass is 35.5. The molecule has 0 aliphatic heterocycles. The first-order valence-corrected chi connectivity index (χ1v) is 8.73. The molecule has 2 rings (SSSR count). The largest absolute Gasteiger partial charge is 0.291 e. The van der Waals surface area contributed by atoms with Crippen LogP contribution in [0.3, 0.4) is 0 Å². The number of halogens is 1. The van der Waals surface area contributed by atoms with E-state index in [2.05, 4.69) is 25.7 Å². The molecule has 1 aliphatic carbocycles. The lowest BCUT2D eigenvalue weighted by atomic mass is 10.0. The zero-order chi connectivity index (χ0) is 14.7. The van der Waals surface area contributed by atoms with Gasteiger partial charge < -0.3 is 0 Å². The normalized spacial score (nSPS) is 18.1. The summed E-state index contributed by atoms with van der Waals surface area (Å²) in [6.07, 6.45) is 5.06. The van der Waals surface area contributed by atoms with Crippen LogP contribution in [0, 0.1) is 5.92 Å². The number of nitrogens with zero attached hydrogens (tertiary/aromatic N) is 1. The average Bonchev–Trinajstić information content (AvgIpc) is 3.05. The van der Waals surface area contributed by atoms with Crippen molar-refractivity contribution in [2.45, 2.75) is 58.5 Å². The van der Waals surface area contributed by atoms with Crippen LogP contribution in [0.1, 0.15) is 56.1 Å². The number of Topliss-reactive ketones (excluding diaryl/α,β-unsaturated/α-hetero) is 1. The summed E-state index contributed by atoms with van der Waals surface area (Å²) in [6, 6.07) is 4.20. The van der Waals surface area contributed by atoms with E-state index in [-0.39, 0.29) is 11.8 Å². The van der Waals surface area contributed by atoms with Crippen molar-refractivity contribution < 1.29 is 4.79 Å². The van der Waals surface area contributed by atoms with Gasteiger partial charge in [0.25, 0.3) is 0 Å². The van der Waals surface area contributed by atoms with Gasteiger partial charge in [0, 0.05) is 12.6 Å². The molecule has 1 aromatic rings. The van der Waals surface area contributed by atoms with E-state index in [1.807, 2.05) is 12.1 Å². The molecule has 0 amide bonds. The van der Waals surface area contributed by atoms with Gasteiger partial charge in [-0.1, -0.05) is 38.3 Å². The molecule has 1 aromatic heterocycles. The van der Waals surface area contributed by atoms with Gasteiger partial charge in [0.15, 0.2) is 5.78 Å². The van der Waals surface area contributed by atoms with Crippen LogP contribution >= 0.6 is 22.9 Å². The summed E-state index contributed by atoms with van der Waals surface area (Å²) in [6.45, 7) is 7.50. The maximum absolute atomic E-state index is 12.6. The van der Waals surface area contributed by atoms with Gasteiger partial charge >= 0.3 is 0 Å². The molecule has 0 radical (unpaired) electrons. The first-order valence-electron chi connectivity index (χ1n) is 7.54. The van der Waals surface area contributed by atoms with Crippen LogP contribution in [-0.2, 0) is 0 Å². The van der Waals surface area contributed by atoms with E-state index in [0.29, 0.717) is 16.3 Å². The van der Waals surface area contributed by atoms with E-state index in [9.17, 15) is 4.79 Å². The second-order valence-electron chi connectivity index (χ2n) is 6.17. The van der Waals surface area contributed by atoms with Gasteiger partial charge in [-0.15, -0.1) is 11.3 Å². The molecule has 0 saturated heterocycles. The third-order valence-electron chi connectivity index (χ3n) is 4.06. The second kappa shape index (κ2) is 7.06. The SMILES string of the molecule is CC(C)CN(C1CCCC1)C(C)C(=O)c1ccc(Cl)s1. The van der Waals surface area contributed by atoms with Crippen molar-refractivity contribution in [3.05, 3.63) is 21.3 Å². The number of rotatable bonds is 6. The fourth-order valence-corrected chi connectivity index (χ4v) is 4.15. The van der Waals surface area contributed by atoms with Gasteiger partial charge in [-0.3, -0.25) is 9.69 Å². The first-order chi connectivity index (χ1) is 9.49. The molecule has 1 atom stereocenters. The van der Waals surface area contributed by atoms with Crippen molar-refractivity contribution in [3.63, 3.8) is 0 Å². The fraction of sp³-hybridized carbons (Fsp3) is 0.688. The summed E-state index contributed by atoms with van der Waals surface area (Å²) >= 11 is 7.35. The molecule has 112 valence electrons. The van der Waals surface area contributed by atoms with Crippen LogP contribution in [0.25, 0.3) is 0 Å². The number of hydrogen-bond acceptors (Lipinski definition) is 3. The standard InChI is InChI=1S/C16H24ClNOS/c1-11(2)10-18(13-6-4-5-7-13)12(3)16(19)14-8-9-15(17)20-14/h8-9,11-13H,4-7,10H2,1-3H3. The molecular formula is C16H24ClNOS.